The average molecular weight is 443 g/mol. The minimum Gasteiger partial charge on any atom is -0.464 e. The number of nitriles is 1. The molecular formula is C24H34N4O4. The van der Waals surface area contributed by atoms with Crippen LogP contribution < -0.4 is 10.6 Å². The van der Waals surface area contributed by atoms with E-state index in [0.29, 0.717) is 12.0 Å². The molecule has 0 aliphatic rings. The van der Waals surface area contributed by atoms with Crippen molar-refractivity contribution in [1.29, 1.82) is 5.26 Å². The molecule has 4 unspecified atom stereocenters. The van der Waals surface area contributed by atoms with Gasteiger partial charge in [-0.25, -0.2) is 4.79 Å². The average Bonchev–Trinajstić information content (AvgIpc) is 2.77. The Hall–Kier alpha value is -3.21. The van der Waals surface area contributed by atoms with Gasteiger partial charge in [0, 0.05) is 6.21 Å². The van der Waals surface area contributed by atoms with Gasteiger partial charge in [0.2, 0.25) is 11.8 Å². The molecule has 0 radical (unpaired) electrons. The Labute approximate surface area is 190 Å². The van der Waals surface area contributed by atoms with Crippen molar-refractivity contribution in [3.05, 3.63) is 35.4 Å². The Bertz CT molecular complexity index is 843. The van der Waals surface area contributed by atoms with Crippen LogP contribution in [-0.2, 0) is 19.1 Å². The largest absolute Gasteiger partial charge is 0.464 e. The normalized spacial score (nSPS) is 14.8. The number of hydrogen-bond acceptors (Lipinski definition) is 6. The predicted molar refractivity (Wildman–Crippen MR) is 123 cm³/mol. The van der Waals surface area contributed by atoms with Crippen molar-refractivity contribution in [1.82, 2.24) is 10.6 Å². The second-order valence-electron chi connectivity index (χ2n) is 8.05. The van der Waals surface area contributed by atoms with Crippen LogP contribution >= 0.6 is 0 Å². The maximum absolute atomic E-state index is 13.0. The minimum absolute atomic E-state index is 0.108. The first-order chi connectivity index (χ1) is 15.1. The summed E-state index contributed by atoms with van der Waals surface area (Å²) in [5, 5.41) is 14.4. The molecule has 1 aromatic carbocycles. The Morgan fingerprint density at radius 2 is 1.69 bits per heavy atom. The zero-order valence-corrected chi connectivity index (χ0v) is 19.7. The molecule has 32 heavy (non-hydrogen) atoms. The molecule has 0 aliphatic carbocycles. The van der Waals surface area contributed by atoms with Crippen LogP contribution in [0.15, 0.2) is 29.3 Å². The number of nitrogens with one attached hydrogen (secondary N) is 2. The summed E-state index contributed by atoms with van der Waals surface area (Å²) in [7, 11) is 0. The van der Waals surface area contributed by atoms with Crippen molar-refractivity contribution in [2.24, 2.45) is 16.8 Å². The van der Waals surface area contributed by atoms with Gasteiger partial charge in [-0.3, -0.25) is 14.6 Å². The highest BCUT2D eigenvalue weighted by Gasteiger charge is 2.31. The topological polar surface area (TPSA) is 121 Å². The molecule has 2 N–H and O–H groups in total. The van der Waals surface area contributed by atoms with Gasteiger partial charge in [-0.1, -0.05) is 46.2 Å². The van der Waals surface area contributed by atoms with Crippen molar-refractivity contribution < 1.29 is 19.1 Å². The zero-order chi connectivity index (χ0) is 24.3. The number of ether oxygens (including phenoxy) is 1. The van der Waals surface area contributed by atoms with E-state index in [0.717, 1.165) is 5.56 Å². The number of benzene rings is 1. The number of rotatable bonds is 11. The van der Waals surface area contributed by atoms with Gasteiger partial charge in [0.25, 0.3) is 0 Å². The van der Waals surface area contributed by atoms with Gasteiger partial charge in [-0.15, -0.1) is 0 Å². The van der Waals surface area contributed by atoms with Crippen LogP contribution in [0.5, 0.6) is 0 Å². The molecule has 0 fully saturated rings. The number of aliphatic imine (C=N–C) groups is 1. The minimum atomic E-state index is -0.818. The summed E-state index contributed by atoms with van der Waals surface area (Å²) in [4.78, 5) is 42.1. The molecule has 0 saturated carbocycles. The van der Waals surface area contributed by atoms with Crippen molar-refractivity contribution in [2.75, 3.05) is 6.61 Å². The molecule has 8 heteroatoms. The number of carbonyl (C=O) groups is 3. The first-order valence-corrected chi connectivity index (χ1v) is 10.9. The monoisotopic (exact) mass is 442 g/mol. The van der Waals surface area contributed by atoms with Crippen LogP contribution in [-0.4, -0.2) is 48.7 Å². The molecule has 0 aliphatic heterocycles. The summed E-state index contributed by atoms with van der Waals surface area (Å²) in [6.45, 7) is 11.0. The fourth-order valence-corrected chi connectivity index (χ4v) is 2.92. The lowest BCUT2D eigenvalue weighted by Gasteiger charge is -2.27. The maximum atomic E-state index is 13.0. The van der Waals surface area contributed by atoms with E-state index in [2.05, 4.69) is 21.7 Å². The quantitative estimate of drug-likeness (QED) is 0.403. The molecule has 1 rings (SSSR count). The lowest BCUT2D eigenvalue weighted by atomic mass is 9.96. The van der Waals surface area contributed by atoms with Crippen LogP contribution in [0.3, 0.4) is 0 Å². The third kappa shape index (κ3) is 8.14. The predicted octanol–water partition coefficient (Wildman–Crippen LogP) is 2.60. The van der Waals surface area contributed by atoms with E-state index in [9.17, 15) is 14.4 Å². The summed E-state index contributed by atoms with van der Waals surface area (Å²) in [6.07, 6.45) is 2.25. The highest BCUT2D eigenvalue weighted by molar-refractivity contribution is 5.93. The van der Waals surface area contributed by atoms with Crippen molar-refractivity contribution in [3.63, 3.8) is 0 Å². The van der Waals surface area contributed by atoms with Gasteiger partial charge in [-0.05, 0) is 43.4 Å². The summed E-state index contributed by atoms with van der Waals surface area (Å²) >= 11 is 0. The zero-order valence-electron chi connectivity index (χ0n) is 19.7. The smallest absolute Gasteiger partial charge is 0.328 e. The Kier molecular flexibility index (Phi) is 11.1. The molecule has 2 amide bonds. The fourth-order valence-electron chi connectivity index (χ4n) is 2.92. The van der Waals surface area contributed by atoms with Gasteiger partial charge in [0.15, 0.2) is 0 Å². The number of nitrogens with zero attached hydrogens (tertiary/aromatic N) is 2. The van der Waals surface area contributed by atoms with Crippen LogP contribution in [0.4, 0.5) is 0 Å². The van der Waals surface area contributed by atoms with Gasteiger partial charge in [-0.2, -0.15) is 5.26 Å². The van der Waals surface area contributed by atoms with Gasteiger partial charge in [0.1, 0.15) is 18.1 Å². The van der Waals surface area contributed by atoms with E-state index in [1.54, 1.807) is 44.3 Å². The third-order valence-electron chi connectivity index (χ3n) is 5.12. The van der Waals surface area contributed by atoms with Crippen LogP contribution in [0.2, 0.25) is 0 Å². The maximum Gasteiger partial charge on any atom is 0.328 e. The lowest BCUT2D eigenvalue weighted by molar-refractivity contribution is -0.147. The fraction of sp³-hybridized carbons (Fsp3) is 0.542. The summed E-state index contributed by atoms with van der Waals surface area (Å²) in [6, 6.07) is 6.59. The highest BCUT2D eigenvalue weighted by Crippen LogP contribution is 2.13. The first-order valence-electron chi connectivity index (χ1n) is 10.9. The Morgan fingerprint density at radius 1 is 1.06 bits per heavy atom. The molecule has 1 aromatic rings. The second-order valence-corrected chi connectivity index (χ2v) is 8.05. The van der Waals surface area contributed by atoms with Crippen molar-refractivity contribution >= 4 is 24.0 Å². The molecule has 174 valence electrons. The van der Waals surface area contributed by atoms with Crippen molar-refractivity contribution in [2.45, 2.75) is 66.1 Å². The summed E-state index contributed by atoms with van der Waals surface area (Å²) < 4.78 is 4.93. The van der Waals surface area contributed by atoms with E-state index in [4.69, 9.17) is 10.00 Å². The number of esters is 1. The molecule has 0 saturated heterocycles. The van der Waals surface area contributed by atoms with Gasteiger partial charge >= 0.3 is 5.97 Å². The van der Waals surface area contributed by atoms with Crippen LogP contribution in [0.25, 0.3) is 0 Å². The van der Waals surface area contributed by atoms with Crippen LogP contribution in [0, 0.1) is 23.2 Å². The molecule has 8 nitrogen and oxygen atoms in total. The summed E-state index contributed by atoms with van der Waals surface area (Å²) in [5.74, 6) is -1.59. The van der Waals surface area contributed by atoms with E-state index in [-0.39, 0.29) is 24.3 Å². The van der Waals surface area contributed by atoms with E-state index < -0.39 is 30.0 Å². The summed E-state index contributed by atoms with van der Waals surface area (Å²) in [5.41, 5.74) is 1.31. The first kappa shape index (κ1) is 26.8. The molecule has 0 aromatic heterocycles. The molecule has 0 bridgehead atoms. The number of hydrogen-bond donors (Lipinski definition) is 2. The third-order valence-corrected chi connectivity index (χ3v) is 5.12. The Balaban J connectivity index is 2.96. The van der Waals surface area contributed by atoms with Crippen molar-refractivity contribution in [3.8, 4) is 6.07 Å². The molecular weight excluding hydrogens is 408 g/mol. The Morgan fingerprint density at radius 3 is 2.19 bits per heavy atom. The second kappa shape index (κ2) is 13.3. The molecule has 0 heterocycles. The number of carbonyl (C=O) groups excluding carboxylic acids is 3. The molecule has 4 atom stereocenters. The van der Waals surface area contributed by atoms with Gasteiger partial charge in [0.05, 0.1) is 18.2 Å². The standard InChI is InChI=1S/C24H34N4O4/c1-7-16(5)21(23(30)27-17(6)24(31)32-8-2)28-22(29)20(15(3)4)26-14-19-11-9-18(13-25)10-12-19/h9-12,14-17,20-21H,7-8H2,1-6H3,(H,27,30)(H,28,29). The number of amides is 2. The molecule has 0 spiro atoms. The van der Waals surface area contributed by atoms with Gasteiger partial charge < -0.3 is 15.4 Å². The lowest BCUT2D eigenvalue weighted by Crippen LogP contribution is -2.55. The van der Waals surface area contributed by atoms with E-state index in [1.807, 2.05) is 27.7 Å². The van der Waals surface area contributed by atoms with E-state index >= 15 is 0 Å². The highest BCUT2D eigenvalue weighted by atomic mass is 16.5. The SMILES string of the molecule is CCOC(=O)C(C)NC(=O)C(NC(=O)C(N=Cc1ccc(C#N)cc1)C(C)C)C(C)CC. The van der Waals surface area contributed by atoms with Crippen LogP contribution in [0.1, 0.15) is 59.1 Å². The van der Waals surface area contributed by atoms with E-state index in [1.165, 1.54) is 0 Å².